The largest absolute Gasteiger partial charge is 0.462 e. The highest BCUT2D eigenvalue weighted by Gasteiger charge is 2.26. The quantitative estimate of drug-likeness (QED) is 0.393. The van der Waals surface area contributed by atoms with Gasteiger partial charge in [-0.15, -0.1) is 11.3 Å². The smallest absolute Gasteiger partial charge is 0.355 e. The molecule has 0 spiro atoms. The third-order valence-electron chi connectivity index (χ3n) is 4.55. The van der Waals surface area contributed by atoms with Crippen molar-refractivity contribution in [2.45, 2.75) is 40.2 Å². The molecule has 0 saturated carbocycles. The molecule has 31 heavy (non-hydrogen) atoms. The number of nitrogens with zero attached hydrogens (tertiary/aromatic N) is 1. The van der Waals surface area contributed by atoms with Crippen molar-refractivity contribution in [1.82, 2.24) is 9.97 Å². The molecular weight excluding hydrogens is 420 g/mol. The topological polar surface area (TPSA) is 108 Å². The van der Waals surface area contributed by atoms with E-state index in [0.29, 0.717) is 17.7 Å². The van der Waals surface area contributed by atoms with E-state index in [1.54, 1.807) is 32.1 Å². The van der Waals surface area contributed by atoms with Gasteiger partial charge in [-0.05, 0) is 38.5 Å². The minimum Gasteiger partial charge on any atom is -0.462 e. The maximum absolute atomic E-state index is 12.4. The van der Waals surface area contributed by atoms with Crippen molar-refractivity contribution in [3.05, 3.63) is 51.8 Å². The van der Waals surface area contributed by atoms with Crippen LogP contribution in [-0.2, 0) is 32.0 Å². The molecule has 3 aromatic rings. The number of esters is 3. The molecule has 1 aromatic carbocycles. The molecule has 0 saturated heterocycles. The number of aromatic nitrogens is 2. The number of para-hydroxylation sites is 1. The van der Waals surface area contributed by atoms with Crippen molar-refractivity contribution in [2.75, 3.05) is 13.2 Å². The normalized spacial score (nSPS) is 10.8. The van der Waals surface area contributed by atoms with Gasteiger partial charge in [-0.2, -0.15) is 0 Å². The molecule has 164 valence electrons. The summed E-state index contributed by atoms with van der Waals surface area (Å²) in [6.07, 6.45) is 0.611. The molecule has 3 rings (SSSR count). The Kier molecular flexibility index (Phi) is 7.41. The summed E-state index contributed by atoms with van der Waals surface area (Å²) in [6, 6.07) is 7.78. The van der Waals surface area contributed by atoms with Gasteiger partial charge in [0, 0.05) is 6.42 Å². The third-order valence-corrected chi connectivity index (χ3v) is 5.64. The van der Waals surface area contributed by atoms with E-state index in [2.05, 4.69) is 9.97 Å². The fourth-order valence-corrected chi connectivity index (χ4v) is 4.08. The minimum absolute atomic E-state index is 0.144. The zero-order chi connectivity index (χ0) is 22.4. The fraction of sp³-hybridized carbons (Fsp3) is 0.364. The van der Waals surface area contributed by atoms with Gasteiger partial charge >= 0.3 is 17.9 Å². The number of rotatable bonds is 9. The van der Waals surface area contributed by atoms with E-state index < -0.39 is 17.9 Å². The first-order valence-corrected chi connectivity index (χ1v) is 10.8. The summed E-state index contributed by atoms with van der Waals surface area (Å²) < 4.78 is 16.5. The average Bonchev–Trinajstić information content (AvgIpc) is 3.31. The number of nitrogens with one attached hydrogen (secondary N) is 1. The number of hydrogen-bond acceptors (Lipinski definition) is 8. The second kappa shape index (κ2) is 10.2. The Morgan fingerprint density at radius 2 is 1.74 bits per heavy atom. The van der Waals surface area contributed by atoms with Gasteiger partial charge in [0.2, 0.25) is 0 Å². The summed E-state index contributed by atoms with van der Waals surface area (Å²) in [6.45, 7) is 5.19. The molecule has 2 aromatic heterocycles. The summed E-state index contributed by atoms with van der Waals surface area (Å²) in [5.74, 6) is -1.61. The molecule has 1 N–H and O–H groups in total. The van der Waals surface area contributed by atoms with E-state index in [9.17, 15) is 14.4 Å². The number of aryl methyl sites for hydroxylation is 1. The lowest BCUT2D eigenvalue weighted by Crippen LogP contribution is -2.11. The highest BCUT2D eigenvalue weighted by molar-refractivity contribution is 7.18. The van der Waals surface area contributed by atoms with Crippen molar-refractivity contribution >= 4 is 39.5 Å². The monoisotopic (exact) mass is 444 g/mol. The fourth-order valence-electron chi connectivity index (χ4n) is 3.11. The molecule has 9 heteroatoms. The van der Waals surface area contributed by atoms with E-state index in [1.807, 2.05) is 24.3 Å². The first-order valence-electron chi connectivity index (χ1n) is 10.00. The first kappa shape index (κ1) is 22.5. The molecule has 0 amide bonds. The van der Waals surface area contributed by atoms with Gasteiger partial charge in [0.1, 0.15) is 12.3 Å². The van der Waals surface area contributed by atoms with Crippen LogP contribution in [0.25, 0.3) is 10.2 Å². The van der Waals surface area contributed by atoms with Crippen LogP contribution in [0.1, 0.15) is 57.4 Å². The number of thiazole rings is 1. The number of fused-ring (bicyclic) bond motifs is 1. The van der Waals surface area contributed by atoms with E-state index in [0.717, 1.165) is 15.2 Å². The zero-order valence-corrected chi connectivity index (χ0v) is 18.5. The summed E-state index contributed by atoms with van der Waals surface area (Å²) in [4.78, 5) is 44.2. The van der Waals surface area contributed by atoms with Gasteiger partial charge in [-0.1, -0.05) is 12.1 Å². The molecule has 0 unspecified atom stereocenters. The van der Waals surface area contributed by atoms with Gasteiger partial charge < -0.3 is 19.2 Å². The van der Waals surface area contributed by atoms with Crippen LogP contribution >= 0.6 is 11.3 Å². The Morgan fingerprint density at radius 1 is 1.03 bits per heavy atom. The van der Waals surface area contributed by atoms with Crippen LogP contribution in [0.15, 0.2) is 24.3 Å². The molecule has 0 bridgehead atoms. The number of ether oxygens (including phenoxy) is 3. The maximum atomic E-state index is 12.4. The minimum atomic E-state index is -0.590. The third kappa shape index (κ3) is 5.29. The zero-order valence-electron chi connectivity index (χ0n) is 17.6. The van der Waals surface area contributed by atoms with Crippen molar-refractivity contribution in [1.29, 1.82) is 0 Å². The molecule has 0 atom stereocenters. The second-order valence-electron chi connectivity index (χ2n) is 6.66. The first-order chi connectivity index (χ1) is 14.9. The summed E-state index contributed by atoms with van der Waals surface area (Å²) in [5, 5.41) is 0.852. The molecule has 8 nitrogen and oxygen atoms in total. The highest BCUT2D eigenvalue weighted by atomic mass is 32.1. The molecule has 0 aliphatic carbocycles. The van der Waals surface area contributed by atoms with Gasteiger partial charge in [0.25, 0.3) is 0 Å². The second-order valence-corrected chi connectivity index (χ2v) is 7.77. The van der Waals surface area contributed by atoms with Crippen molar-refractivity contribution in [2.24, 2.45) is 0 Å². The predicted octanol–water partition coefficient (Wildman–Crippen LogP) is 3.96. The molecule has 0 radical (unpaired) electrons. The molecule has 2 heterocycles. The number of carbonyl (C=O) groups is 3. The molecule has 0 aliphatic rings. The van der Waals surface area contributed by atoms with Crippen LogP contribution in [0.2, 0.25) is 0 Å². The van der Waals surface area contributed by atoms with Gasteiger partial charge in [-0.3, -0.25) is 4.79 Å². The number of benzene rings is 1. The lowest BCUT2D eigenvalue weighted by Gasteiger charge is -2.06. The van der Waals surface area contributed by atoms with Crippen LogP contribution < -0.4 is 0 Å². The number of carbonyl (C=O) groups excluding carboxylic acids is 3. The molecule has 0 aliphatic heterocycles. The Labute approximate surface area is 183 Å². The van der Waals surface area contributed by atoms with Crippen molar-refractivity contribution in [3.63, 3.8) is 0 Å². The summed E-state index contributed by atoms with van der Waals surface area (Å²) in [5.41, 5.74) is 1.93. The Morgan fingerprint density at radius 3 is 2.45 bits per heavy atom. The summed E-state index contributed by atoms with van der Waals surface area (Å²) >= 11 is 1.54. The Balaban J connectivity index is 1.67. The van der Waals surface area contributed by atoms with Crippen LogP contribution in [0.4, 0.5) is 0 Å². The summed E-state index contributed by atoms with van der Waals surface area (Å²) in [7, 11) is 0. The molecular formula is C22H24N2O6S. The lowest BCUT2D eigenvalue weighted by atomic mass is 10.1. The standard InChI is InChI=1S/C22H24N2O6S/c1-4-28-21(26)19-13(3)20(22(27)29-5-2)24-15(19)12-30-18(25)11-10-17-23-14-8-6-7-9-16(14)31-17/h6-9,24H,4-5,10-12H2,1-3H3. The average molecular weight is 445 g/mol. The van der Waals surface area contributed by atoms with Crippen molar-refractivity contribution in [3.8, 4) is 0 Å². The number of H-pyrrole nitrogens is 1. The van der Waals surface area contributed by atoms with E-state index in [-0.39, 0.29) is 37.5 Å². The maximum Gasteiger partial charge on any atom is 0.355 e. The number of aromatic amines is 1. The van der Waals surface area contributed by atoms with Crippen molar-refractivity contribution < 1.29 is 28.6 Å². The van der Waals surface area contributed by atoms with Gasteiger partial charge in [0.05, 0.1) is 46.1 Å². The Bertz CT molecular complexity index is 1070. The van der Waals surface area contributed by atoms with Crippen LogP contribution in [-0.4, -0.2) is 41.1 Å². The SMILES string of the molecule is CCOC(=O)c1[nH]c(COC(=O)CCc2nc3ccccc3s2)c(C(=O)OCC)c1C. The van der Waals surface area contributed by atoms with E-state index in [4.69, 9.17) is 14.2 Å². The molecule has 0 fully saturated rings. The highest BCUT2D eigenvalue weighted by Crippen LogP contribution is 2.24. The number of hydrogen-bond donors (Lipinski definition) is 1. The van der Waals surface area contributed by atoms with Crippen LogP contribution in [0.5, 0.6) is 0 Å². The lowest BCUT2D eigenvalue weighted by molar-refractivity contribution is -0.145. The van der Waals surface area contributed by atoms with Crippen LogP contribution in [0, 0.1) is 6.92 Å². The van der Waals surface area contributed by atoms with E-state index in [1.165, 1.54) is 0 Å². The van der Waals surface area contributed by atoms with Crippen LogP contribution in [0.3, 0.4) is 0 Å². The van der Waals surface area contributed by atoms with Gasteiger partial charge in [0.15, 0.2) is 0 Å². The van der Waals surface area contributed by atoms with Gasteiger partial charge in [-0.25, -0.2) is 14.6 Å². The Hall–Kier alpha value is -3.20. The predicted molar refractivity (Wildman–Crippen MR) is 115 cm³/mol. The van der Waals surface area contributed by atoms with E-state index >= 15 is 0 Å².